The fourth-order valence-corrected chi connectivity index (χ4v) is 2.68. The van der Waals surface area contributed by atoms with Gasteiger partial charge in [-0.05, 0) is 38.1 Å². The first kappa shape index (κ1) is 17.7. The summed E-state index contributed by atoms with van der Waals surface area (Å²) in [5.74, 6) is 0.198. The van der Waals surface area contributed by atoms with Gasteiger partial charge in [0.1, 0.15) is 23.2 Å². The second-order valence-electron chi connectivity index (χ2n) is 5.32. The van der Waals surface area contributed by atoms with E-state index in [2.05, 4.69) is 15.5 Å². The molecule has 0 unspecified atom stereocenters. The van der Waals surface area contributed by atoms with Gasteiger partial charge in [0.15, 0.2) is 0 Å². The van der Waals surface area contributed by atoms with Gasteiger partial charge in [0, 0.05) is 11.1 Å². The summed E-state index contributed by atoms with van der Waals surface area (Å²) in [4.78, 5) is 12.1. The first-order chi connectivity index (χ1) is 12.5. The molecule has 26 heavy (non-hydrogen) atoms. The number of thioether (sulfide) groups is 1. The maximum absolute atomic E-state index is 12.9. The van der Waals surface area contributed by atoms with E-state index in [9.17, 15) is 9.18 Å². The van der Waals surface area contributed by atoms with Crippen LogP contribution in [-0.2, 0) is 4.79 Å². The Balaban J connectivity index is 1.61. The molecule has 0 aliphatic rings. The SMILES string of the molecule is Cc1oc(NC(=O)CSc2nnc(-c3ccc(F)cc3)o2)c(C#N)c1C. The normalized spacial score (nSPS) is 10.5. The number of amides is 1. The summed E-state index contributed by atoms with van der Waals surface area (Å²) in [6, 6.07) is 7.64. The first-order valence-corrected chi connectivity index (χ1v) is 8.48. The number of anilines is 1. The van der Waals surface area contributed by atoms with Crippen molar-refractivity contribution in [2.45, 2.75) is 19.1 Å². The standard InChI is InChI=1S/C17H13FN4O3S/c1-9-10(2)24-16(13(9)7-19)20-14(23)8-26-17-22-21-15(25-17)11-3-5-12(18)6-4-11/h3-6H,8H2,1-2H3,(H,20,23). The van der Waals surface area contributed by atoms with Crippen LogP contribution in [0.2, 0.25) is 0 Å². The van der Waals surface area contributed by atoms with Crippen LogP contribution in [-0.4, -0.2) is 21.9 Å². The van der Waals surface area contributed by atoms with Crippen LogP contribution < -0.4 is 5.32 Å². The summed E-state index contributed by atoms with van der Waals surface area (Å²) in [5, 5.41) is 19.6. The van der Waals surface area contributed by atoms with Gasteiger partial charge in [-0.1, -0.05) is 11.8 Å². The molecule has 0 spiro atoms. The van der Waals surface area contributed by atoms with E-state index in [0.717, 1.165) is 11.8 Å². The lowest BCUT2D eigenvalue weighted by Gasteiger charge is -2.00. The minimum absolute atomic E-state index is 0.00524. The van der Waals surface area contributed by atoms with Gasteiger partial charge >= 0.3 is 0 Å². The van der Waals surface area contributed by atoms with E-state index < -0.39 is 0 Å². The average molecular weight is 372 g/mol. The fourth-order valence-electron chi connectivity index (χ4n) is 2.12. The van der Waals surface area contributed by atoms with Crippen molar-refractivity contribution in [3.8, 4) is 17.5 Å². The summed E-state index contributed by atoms with van der Waals surface area (Å²) < 4.78 is 23.8. The third kappa shape index (κ3) is 3.75. The number of furan rings is 1. The number of aromatic nitrogens is 2. The van der Waals surface area contributed by atoms with Crippen molar-refractivity contribution in [2.24, 2.45) is 0 Å². The molecule has 132 valence electrons. The highest BCUT2D eigenvalue weighted by Gasteiger charge is 2.17. The maximum Gasteiger partial charge on any atom is 0.277 e. The van der Waals surface area contributed by atoms with Crippen molar-refractivity contribution in [1.29, 1.82) is 5.26 Å². The molecule has 1 aromatic carbocycles. The highest BCUT2D eigenvalue weighted by atomic mass is 32.2. The average Bonchev–Trinajstić information content (AvgIpc) is 3.19. The van der Waals surface area contributed by atoms with Gasteiger partial charge in [0.05, 0.1) is 5.75 Å². The summed E-state index contributed by atoms with van der Waals surface area (Å²) in [6.45, 7) is 3.47. The number of nitriles is 1. The monoisotopic (exact) mass is 372 g/mol. The molecule has 3 rings (SSSR count). The van der Waals surface area contributed by atoms with Crippen LogP contribution in [0.25, 0.3) is 11.5 Å². The lowest BCUT2D eigenvalue weighted by molar-refractivity contribution is -0.113. The van der Waals surface area contributed by atoms with Crippen molar-refractivity contribution in [3.63, 3.8) is 0 Å². The van der Waals surface area contributed by atoms with Gasteiger partial charge in [-0.3, -0.25) is 10.1 Å². The Morgan fingerprint density at radius 3 is 2.69 bits per heavy atom. The molecule has 0 saturated carbocycles. The quantitative estimate of drug-likeness (QED) is 0.681. The number of rotatable bonds is 5. The third-order valence-electron chi connectivity index (χ3n) is 3.57. The number of halogens is 1. The van der Waals surface area contributed by atoms with Gasteiger partial charge < -0.3 is 8.83 Å². The maximum atomic E-state index is 12.9. The molecule has 0 radical (unpaired) electrons. The van der Waals surface area contributed by atoms with Crippen LogP contribution in [0.5, 0.6) is 0 Å². The van der Waals surface area contributed by atoms with Crippen molar-refractivity contribution in [1.82, 2.24) is 10.2 Å². The van der Waals surface area contributed by atoms with Gasteiger partial charge in [-0.25, -0.2) is 4.39 Å². The molecule has 0 atom stereocenters. The van der Waals surface area contributed by atoms with E-state index >= 15 is 0 Å². The molecular formula is C17H13FN4O3S. The van der Waals surface area contributed by atoms with Gasteiger partial charge in [-0.2, -0.15) is 5.26 Å². The zero-order valence-electron chi connectivity index (χ0n) is 13.9. The molecule has 3 aromatic rings. The second-order valence-corrected chi connectivity index (χ2v) is 6.24. The third-order valence-corrected chi connectivity index (χ3v) is 4.39. The van der Waals surface area contributed by atoms with E-state index in [4.69, 9.17) is 14.1 Å². The minimum Gasteiger partial charge on any atom is -0.444 e. The molecular weight excluding hydrogens is 359 g/mol. The summed E-state index contributed by atoms with van der Waals surface area (Å²) in [6.07, 6.45) is 0. The van der Waals surface area contributed by atoms with Crippen LogP contribution in [0.15, 0.2) is 38.3 Å². The minimum atomic E-state index is -0.373. The van der Waals surface area contributed by atoms with Crippen molar-refractivity contribution >= 4 is 23.6 Å². The van der Waals surface area contributed by atoms with Crippen LogP contribution in [0.4, 0.5) is 10.3 Å². The lowest BCUT2D eigenvalue weighted by Crippen LogP contribution is -2.14. The number of hydrogen-bond donors (Lipinski definition) is 1. The molecule has 2 aromatic heterocycles. The molecule has 0 aliphatic heterocycles. The molecule has 0 bridgehead atoms. The molecule has 2 heterocycles. The van der Waals surface area contributed by atoms with E-state index in [-0.39, 0.29) is 34.5 Å². The lowest BCUT2D eigenvalue weighted by atomic mass is 10.2. The number of nitrogens with one attached hydrogen (secondary N) is 1. The smallest absolute Gasteiger partial charge is 0.277 e. The molecule has 0 aliphatic carbocycles. The predicted octanol–water partition coefficient (Wildman–Crippen LogP) is 3.69. The molecule has 0 saturated heterocycles. The van der Waals surface area contributed by atoms with Crippen molar-refractivity contribution < 1.29 is 18.0 Å². The van der Waals surface area contributed by atoms with E-state index in [1.165, 1.54) is 24.3 Å². The summed E-state index contributed by atoms with van der Waals surface area (Å²) >= 11 is 1.04. The first-order valence-electron chi connectivity index (χ1n) is 7.50. The van der Waals surface area contributed by atoms with Crippen LogP contribution in [0.1, 0.15) is 16.9 Å². The Bertz CT molecular complexity index is 989. The number of nitrogens with zero attached hydrogens (tertiary/aromatic N) is 3. The van der Waals surface area contributed by atoms with Crippen LogP contribution in [0.3, 0.4) is 0 Å². The van der Waals surface area contributed by atoms with Gasteiger partial charge in [0.25, 0.3) is 5.22 Å². The molecule has 7 nitrogen and oxygen atoms in total. The Labute approximate surface area is 152 Å². The van der Waals surface area contributed by atoms with E-state index in [1.807, 2.05) is 6.07 Å². The molecule has 1 N–H and O–H groups in total. The topological polar surface area (TPSA) is 105 Å². The number of carbonyl (C=O) groups excluding carboxylic acids is 1. The van der Waals surface area contributed by atoms with Gasteiger partial charge in [0.2, 0.25) is 17.7 Å². The zero-order valence-corrected chi connectivity index (χ0v) is 14.7. The Morgan fingerprint density at radius 1 is 1.27 bits per heavy atom. The number of benzene rings is 1. The molecule has 0 fully saturated rings. The summed E-state index contributed by atoms with van der Waals surface area (Å²) in [7, 11) is 0. The second kappa shape index (κ2) is 7.41. The Kier molecular flexibility index (Phi) is 5.04. The number of carbonyl (C=O) groups is 1. The van der Waals surface area contributed by atoms with E-state index in [1.54, 1.807) is 13.8 Å². The Morgan fingerprint density at radius 2 is 2.00 bits per heavy atom. The van der Waals surface area contributed by atoms with Gasteiger partial charge in [-0.15, -0.1) is 10.2 Å². The fraction of sp³-hybridized carbons (Fsp3) is 0.176. The highest BCUT2D eigenvalue weighted by molar-refractivity contribution is 7.99. The highest BCUT2D eigenvalue weighted by Crippen LogP contribution is 2.26. The molecule has 1 amide bonds. The summed E-state index contributed by atoms with van der Waals surface area (Å²) in [5.41, 5.74) is 1.57. The zero-order chi connectivity index (χ0) is 18.7. The van der Waals surface area contributed by atoms with E-state index in [0.29, 0.717) is 22.5 Å². The van der Waals surface area contributed by atoms with Crippen LogP contribution >= 0.6 is 11.8 Å². The molecule has 9 heteroatoms. The largest absolute Gasteiger partial charge is 0.444 e. The number of hydrogen-bond acceptors (Lipinski definition) is 7. The van der Waals surface area contributed by atoms with Crippen molar-refractivity contribution in [3.05, 3.63) is 47.0 Å². The predicted molar refractivity (Wildman–Crippen MR) is 91.9 cm³/mol. The number of aryl methyl sites for hydroxylation is 1. The van der Waals surface area contributed by atoms with Crippen LogP contribution in [0, 0.1) is 31.0 Å². The Hall–Kier alpha value is -3.12. The van der Waals surface area contributed by atoms with Crippen molar-refractivity contribution in [2.75, 3.05) is 11.1 Å².